The van der Waals surface area contributed by atoms with Crippen LogP contribution in [-0.2, 0) is 4.79 Å². The summed E-state index contributed by atoms with van der Waals surface area (Å²) in [7, 11) is 0. The number of nitrogens with one attached hydrogen (secondary N) is 1. The second kappa shape index (κ2) is 7.75. The zero-order valence-corrected chi connectivity index (χ0v) is 16.1. The van der Waals surface area contributed by atoms with E-state index in [0.29, 0.717) is 12.1 Å². The van der Waals surface area contributed by atoms with Crippen LogP contribution in [0, 0.1) is 12.8 Å². The van der Waals surface area contributed by atoms with Gasteiger partial charge in [0.05, 0.1) is 5.71 Å². The molecule has 1 aliphatic carbocycles. The molecule has 2 aromatic rings. The maximum absolute atomic E-state index is 13.1. The largest absolute Gasteiger partial charge is 0.351 e. The fourth-order valence-corrected chi connectivity index (χ4v) is 3.73. The highest BCUT2D eigenvalue weighted by Crippen LogP contribution is 2.29. The highest BCUT2D eigenvalue weighted by molar-refractivity contribution is 6.09. The van der Waals surface area contributed by atoms with Crippen LogP contribution in [0.5, 0.6) is 0 Å². The summed E-state index contributed by atoms with van der Waals surface area (Å²) < 4.78 is 0. The van der Waals surface area contributed by atoms with Gasteiger partial charge < -0.3 is 11.1 Å². The number of primary amides is 1. The topological polar surface area (TPSA) is 87.8 Å². The third-order valence-electron chi connectivity index (χ3n) is 5.08. The molecule has 0 bridgehead atoms. The van der Waals surface area contributed by atoms with Gasteiger partial charge in [-0.3, -0.25) is 14.7 Å². The number of rotatable bonds is 3. The van der Waals surface area contributed by atoms with Crippen LogP contribution in [0.15, 0.2) is 83.5 Å². The second-order valence-electron chi connectivity index (χ2n) is 7.13. The first-order valence-electron chi connectivity index (χ1n) is 9.50. The smallest absolute Gasteiger partial charge is 0.321 e. The van der Waals surface area contributed by atoms with E-state index in [9.17, 15) is 9.59 Å². The van der Waals surface area contributed by atoms with Crippen LogP contribution in [0.4, 0.5) is 10.5 Å². The van der Waals surface area contributed by atoms with Crippen molar-refractivity contribution in [3.8, 4) is 0 Å². The Morgan fingerprint density at radius 1 is 1.17 bits per heavy atom. The SMILES string of the molecule is Cc1cccc(N(C(N)=O)C2N=C(c3ccccc3)C3CC=CC=C3NC2=O)c1. The molecule has 4 rings (SSSR count). The molecule has 6 nitrogen and oxygen atoms in total. The van der Waals surface area contributed by atoms with E-state index in [2.05, 4.69) is 5.32 Å². The average molecular weight is 386 g/mol. The van der Waals surface area contributed by atoms with Crippen molar-refractivity contribution in [2.75, 3.05) is 4.90 Å². The Labute approximate surface area is 169 Å². The van der Waals surface area contributed by atoms with Gasteiger partial charge in [0.2, 0.25) is 6.17 Å². The van der Waals surface area contributed by atoms with Crippen molar-refractivity contribution < 1.29 is 9.59 Å². The number of nitrogens with zero attached hydrogens (tertiary/aromatic N) is 2. The lowest BCUT2D eigenvalue weighted by atomic mass is 9.88. The van der Waals surface area contributed by atoms with Crippen molar-refractivity contribution in [2.24, 2.45) is 16.6 Å². The van der Waals surface area contributed by atoms with Gasteiger partial charge in [-0.25, -0.2) is 4.79 Å². The number of allylic oxidation sites excluding steroid dienone is 4. The standard InChI is InChI=1S/C23H22N4O2/c1-15-8-7-11-17(14-15)27(23(24)29)21-22(28)25-19-13-6-5-12-18(19)20(26-21)16-9-3-2-4-10-16/h2-11,13-14,18,21H,12H2,1H3,(H2,24,29)(H,25,28). The van der Waals surface area contributed by atoms with Gasteiger partial charge in [0.15, 0.2) is 0 Å². The van der Waals surface area contributed by atoms with E-state index >= 15 is 0 Å². The minimum atomic E-state index is -1.10. The molecule has 146 valence electrons. The van der Waals surface area contributed by atoms with Gasteiger partial charge >= 0.3 is 6.03 Å². The van der Waals surface area contributed by atoms with Crippen LogP contribution in [0.1, 0.15) is 17.5 Å². The lowest BCUT2D eigenvalue weighted by molar-refractivity contribution is -0.121. The molecule has 2 atom stereocenters. The number of hydrogen-bond donors (Lipinski definition) is 2. The lowest BCUT2D eigenvalue weighted by Crippen LogP contribution is -2.50. The summed E-state index contributed by atoms with van der Waals surface area (Å²) >= 11 is 0. The van der Waals surface area contributed by atoms with Crippen LogP contribution in [0.25, 0.3) is 0 Å². The van der Waals surface area contributed by atoms with Gasteiger partial charge in [-0.1, -0.05) is 54.6 Å². The number of carbonyl (C=O) groups excluding carboxylic acids is 2. The van der Waals surface area contributed by atoms with E-state index in [4.69, 9.17) is 10.7 Å². The molecule has 2 unspecified atom stereocenters. The third-order valence-corrected chi connectivity index (χ3v) is 5.08. The first-order chi connectivity index (χ1) is 14.0. The van der Waals surface area contributed by atoms with Crippen molar-refractivity contribution in [3.63, 3.8) is 0 Å². The minimum absolute atomic E-state index is 0.0939. The number of aliphatic imine (C=N–C) groups is 1. The number of nitrogens with two attached hydrogens (primary N) is 1. The Morgan fingerprint density at radius 2 is 1.97 bits per heavy atom. The molecule has 0 saturated heterocycles. The second-order valence-corrected chi connectivity index (χ2v) is 7.13. The Hall–Kier alpha value is -3.67. The molecule has 3 N–H and O–H groups in total. The van der Waals surface area contributed by atoms with E-state index in [-0.39, 0.29) is 11.8 Å². The molecular weight excluding hydrogens is 364 g/mol. The number of amides is 3. The molecule has 1 aliphatic heterocycles. The molecule has 29 heavy (non-hydrogen) atoms. The van der Waals surface area contributed by atoms with Crippen LogP contribution in [-0.4, -0.2) is 23.8 Å². The predicted octanol–water partition coefficient (Wildman–Crippen LogP) is 3.29. The van der Waals surface area contributed by atoms with Crippen LogP contribution in [0.3, 0.4) is 0 Å². The number of aryl methyl sites for hydroxylation is 1. The average Bonchev–Trinajstić information content (AvgIpc) is 2.85. The Morgan fingerprint density at radius 3 is 2.69 bits per heavy atom. The quantitative estimate of drug-likeness (QED) is 0.848. The number of anilines is 1. The Balaban J connectivity index is 1.86. The van der Waals surface area contributed by atoms with Gasteiger partial charge in [0.1, 0.15) is 0 Å². The summed E-state index contributed by atoms with van der Waals surface area (Å²) in [6.45, 7) is 1.92. The van der Waals surface area contributed by atoms with E-state index in [0.717, 1.165) is 22.5 Å². The number of hydrogen-bond acceptors (Lipinski definition) is 3. The Kier molecular flexibility index (Phi) is 4.99. The molecule has 6 heteroatoms. The number of urea groups is 1. The van der Waals surface area contributed by atoms with Gasteiger partial charge in [-0.2, -0.15) is 0 Å². The summed E-state index contributed by atoms with van der Waals surface area (Å²) in [6, 6.07) is 16.3. The van der Waals surface area contributed by atoms with E-state index in [1.165, 1.54) is 4.90 Å². The van der Waals surface area contributed by atoms with Crippen LogP contribution < -0.4 is 16.0 Å². The first kappa shape index (κ1) is 18.7. The minimum Gasteiger partial charge on any atom is -0.351 e. The highest BCUT2D eigenvalue weighted by Gasteiger charge is 2.36. The zero-order valence-electron chi connectivity index (χ0n) is 16.1. The van der Waals surface area contributed by atoms with Gasteiger partial charge in [0.25, 0.3) is 5.91 Å². The number of benzene rings is 2. The van der Waals surface area contributed by atoms with Gasteiger partial charge in [0, 0.05) is 17.3 Å². The van der Waals surface area contributed by atoms with Gasteiger partial charge in [-0.05, 0) is 42.7 Å². The van der Waals surface area contributed by atoms with Gasteiger partial charge in [-0.15, -0.1) is 0 Å². The molecule has 2 aliphatic rings. The van der Waals surface area contributed by atoms with E-state index in [1.54, 1.807) is 6.07 Å². The molecule has 1 heterocycles. The van der Waals surface area contributed by atoms with Crippen LogP contribution in [0.2, 0.25) is 0 Å². The summed E-state index contributed by atoms with van der Waals surface area (Å²) in [4.78, 5) is 31.6. The summed E-state index contributed by atoms with van der Waals surface area (Å²) in [6.07, 6.45) is 5.46. The maximum Gasteiger partial charge on any atom is 0.321 e. The van der Waals surface area contributed by atoms with Crippen molar-refractivity contribution in [1.82, 2.24) is 5.32 Å². The van der Waals surface area contributed by atoms with Crippen molar-refractivity contribution in [2.45, 2.75) is 19.5 Å². The number of carbonyl (C=O) groups is 2. The zero-order chi connectivity index (χ0) is 20.4. The fraction of sp³-hybridized carbons (Fsp3) is 0.174. The Bertz CT molecular complexity index is 1040. The molecule has 3 amide bonds. The first-order valence-corrected chi connectivity index (χ1v) is 9.50. The molecule has 0 fully saturated rings. The molecule has 0 aromatic heterocycles. The van der Waals surface area contributed by atoms with E-state index in [1.807, 2.05) is 73.7 Å². The summed E-state index contributed by atoms with van der Waals surface area (Å²) in [5, 5.41) is 2.96. The van der Waals surface area contributed by atoms with Crippen molar-refractivity contribution in [3.05, 3.63) is 89.6 Å². The van der Waals surface area contributed by atoms with E-state index < -0.39 is 12.2 Å². The van der Waals surface area contributed by atoms with Crippen molar-refractivity contribution in [1.29, 1.82) is 0 Å². The summed E-state index contributed by atoms with van der Waals surface area (Å²) in [5.41, 5.74) is 9.63. The monoisotopic (exact) mass is 386 g/mol. The fourth-order valence-electron chi connectivity index (χ4n) is 3.73. The van der Waals surface area contributed by atoms with Crippen molar-refractivity contribution >= 4 is 23.3 Å². The third kappa shape index (κ3) is 3.69. The molecular formula is C23H22N4O2. The lowest BCUT2D eigenvalue weighted by Gasteiger charge is -2.26. The maximum atomic E-state index is 13.1. The normalized spacial score (nSPS) is 20.7. The molecule has 0 radical (unpaired) electrons. The predicted molar refractivity (Wildman–Crippen MR) is 113 cm³/mol. The summed E-state index contributed by atoms with van der Waals surface area (Å²) in [5.74, 6) is -0.480. The highest BCUT2D eigenvalue weighted by atomic mass is 16.2. The molecule has 2 aromatic carbocycles. The van der Waals surface area contributed by atoms with Crippen LogP contribution >= 0.6 is 0 Å². The molecule has 0 spiro atoms. The molecule has 0 saturated carbocycles. The number of fused-ring (bicyclic) bond motifs is 1.